The van der Waals surface area contributed by atoms with E-state index in [4.69, 9.17) is 9.47 Å². The molecule has 3 aliphatic rings. The predicted molar refractivity (Wildman–Crippen MR) is 108 cm³/mol. The van der Waals surface area contributed by atoms with Crippen LogP contribution in [0.5, 0.6) is 0 Å². The third kappa shape index (κ3) is 5.28. The molecular weight excluding hydrogens is 372 g/mol. The van der Waals surface area contributed by atoms with Gasteiger partial charge in [-0.1, -0.05) is 39.0 Å². The monoisotopic (exact) mass is 406 g/mol. The van der Waals surface area contributed by atoms with Crippen molar-refractivity contribution in [2.24, 2.45) is 23.7 Å². The zero-order chi connectivity index (χ0) is 21.1. The zero-order valence-corrected chi connectivity index (χ0v) is 17.6. The largest absolute Gasteiger partial charge is 0.462 e. The van der Waals surface area contributed by atoms with Crippen molar-refractivity contribution in [1.29, 1.82) is 0 Å². The third-order valence-corrected chi connectivity index (χ3v) is 6.71. The standard InChI is InChI=1S/C23H34O6/c1-4-13(2)23(27)29-20-11-16(24)9-15-6-5-14(3)19(22(15)20)8-7-18-10-17(25)12-21(26)28-18/h5-6,9,13-14,16-20,22,24-25H,4,7-8,10-12H2,1-3H3/t13-,14-,16-,17+,18?,19-,20-,22-/m0/s1. The van der Waals surface area contributed by atoms with Crippen molar-refractivity contribution in [1.82, 2.24) is 0 Å². The Labute approximate surface area is 173 Å². The maximum Gasteiger partial charge on any atom is 0.308 e. The molecule has 1 unspecified atom stereocenters. The van der Waals surface area contributed by atoms with Gasteiger partial charge >= 0.3 is 11.9 Å². The number of cyclic esters (lactones) is 1. The van der Waals surface area contributed by atoms with Crippen LogP contribution in [0.4, 0.5) is 0 Å². The van der Waals surface area contributed by atoms with Gasteiger partial charge in [-0.2, -0.15) is 0 Å². The normalized spacial score (nSPS) is 37.9. The summed E-state index contributed by atoms with van der Waals surface area (Å²) in [6.07, 6.45) is 7.31. The number of allylic oxidation sites excluding steroid dienone is 2. The Kier molecular flexibility index (Phi) is 7.17. The molecule has 29 heavy (non-hydrogen) atoms. The number of aliphatic hydroxyl groups excluding tert-OH is 2. The lowest BCUT2D eigenvalue weighted by Crippen LogP contribution is -2.43. The Morgan fingerprint density at radius 1 is 1.31 bits per heavy atom. The van der Waals surface area contributed by atoms with E-state index in [1.54, 1.807) is 0 Å². The summed E-state index contributed by atoms with van der Waals surface area (Å²) in [4.78, 5) is 24.1. The van der Waals surface area contributed by atoms with Gasteiger partial charge in [-0.3, -0.25) is 9.59 Å². The van der Waals surface area contributed by atoms with Crippen LogP contribution in [0.3, 0.4) is 0 Å². The second-order valence-electron chi connectivity index (χ2n) is 8.95. The van der Waals surface area contributed by atoms with Crippen LogP contribution in [0, 0.1) is 23.7 Å². The number of ether oxygens (including phenoxy) is 2. The van der Waals surface area contributed by atoms with Gasteiger partial charge in [-0.05, 0) is 36.7 Å². The second-order valence-corrected chi connectivity index (χ2v) is 8.95. The smallest absolute Gasteiger partial charge is 0.308 e. The summed E-state index contributed by atoms with van der Waals surface area (Å²) in [6.45, 7) is 5.97. The zero-order valence-electron chi connectivity index (χ0n) is 17.6. The SMILES string of the molecule is CC[C@H](C)C(=O)O[C@H]1C[C@@H](O)C=C2C=C[C@H](C)[C@H](CCC3C[C@@H](O)CC(=O)O3)[C@H]21. The van der Waals surface area contributed by atoms with Crippen LogP contribution in [0.1, 0.15) is 59.3 Å². The van der Waals surface area contributed by atoms with Crippen molar-refractivity contribution < 1.29 is 29.3 Å². The molecule has 0 aromatic heterocycles. The summed E-state index contributed by atoms with van der Waals surface area (Å²) in [5.74, 6) is -0.203. The van der Waals surface area contributed by atoms with E-state index in [-0.39, 0.29) is 54.2 Å². The van der Waals surface area contributed by atoms with Gasteiger partial charge in [-0.15, -0.1) is 0 Å². The number of carbonyl (C=O) groups excluding carboxylic acids is 2. The van der Waals surface area contributed by atoms with Gasteiger partial charge in [0, 0.05) is 18.8 Å². The van der Waals surface area contributed by atoms with Crippen LogP contribution < -0.4 is 0 Å². The first-order valence-corrected chi connectivity index (χ1v) is 10.9. The van der Waals surface area contributed by atoms with Crippen LogP contribution in [-0.2, 0) is 19.1 Å². The van der Waals surface area contributed by atoms with E-state index in [9.17, 15) is 19.8 Å². The highest BCUT2D eigenvalue weighted by Gasteiger charge is 2.42. The first-order valence-electron chi connectivity index (χ1n) is 10.9. The number of rotatable bonds is 6. The van der Waals surface area contributed by atoms with E-state index in [0.29, 0.717) is 19.3 Å². The molecule has 2 aliphatic carbocycles. The highest BCUT2D eigenvalue weighted by molar-refractivity contribution is 5.72. The summed E-state index contributed by atoms with van der Waals surface area (Å²) in [6, 6.07) is 0. The fourth-order valence-electron chi connectivity index (χ4n) is 4.84. The minimum atomic E-state index is -0.630. The average Bonchev–Trinajstić information content (AvgIpc) is 2.65. The quantitative estimate of drug-likeness (QED) is 0.659. The number of fused-ring (bicyclic) bond motifs is 1. The van der Waals surface area contributed by atoms with E-state index in [2.05, 4.69) is 13.0 Å². The molecule has 0 spiro atoms. The second kappa shape index (κ2) is 9.43. The molecule has 162 valence electrons. The molecular formula is C23H34O6. The number of esters is 2. The summed E-state index contributed by atoms with van der Waals surface area (Å²) < 4.78 is 11.3. The number of aliphatic hydroxyl groups is 2. The van der Waals surface area contributed by atoms with Crippen LogP contribution in [0.2, 0.25) is 0 Å². The number of hydrogen-bond donors (Lipinski definition) is 2. The minimum absolute atomic E-state index is 0.0237. The van der Waals surface area contributed by atoms with Gasteiger partial charge in [0.2, 0.25) is 0 Å². The molecule has 1 heterocycles. The average molecular weight is 407 g/mol. The molecule has 3 rings (SSSR count). The molecule has 0 bridgehead atoms. The summed E-state index contributed by atoms with van der Waals surface area (Å²) in [5.41, 5.74) is 1.02. The van der Waals surface area contributed by atoms with Crippen LogP contribution in [-0.4, -0.2) is 46.6 Å². The Balaban J connectivity index is 1.74. The molecule has 0 saturated carbocycles. The fourth-order valence-corrected chi connectivity index (χ4v) is 4.84. The Morgan fingerprint density at radius 2 is 2.07 bits per heavy atom. The van der Waals surface area contributed by atoms with Crippen molar-refractivity contribution in [2.75, 3.05) is 0 Å². The molecule has 1 saturated heterocycles. The van der Waals surface area contributed by atoms with Gasteiger partial charge in [0.05, 0.1) is 24.5 Å². The van der Waals surface area contributed by atoms with Gasteiger partial charge in [0.25, 0.3) is 0 Å². The lowest BCUT2D eigenvalue weighted by Gasteiger charge is -2.43. The molecule has 2 N–H and O–H groups in total. The van der Waals surface area contributed by atoms with Gasteiger partial charge < -0.3 is 19.7 Å². The maximum atomic E-state index is 12.5. The molecule has 6 heteroatoms. The van der Waals surface area contributed by atoms with Crippen molar-refractivity contribution >= 4 is 11.9 Å². The molecule has 0 aromatic carbocycles. The number of carbonyl (C=O) groups is 2. The van der Waals surface area contributed by atoms with Crippen molar-refractivity contribution in [3.63, 3.8) is 0 Å². The van der Waals surface area contributed by atoms with Crippen molar-refractivity contribution in [3.8, 4) is 0 Å². The van der Waals surface area contributed by atoms with Crippen LogP contribution >= 0.6 is 0 Å². The highest BCUT2D eigenvalue weighted by atomic mass is 16.6. The van der Waals surface area contributed by atoms with E-state index >= 15 is 0 Å². The molecule has 1 aliphatic heterocycles. The minimum Gasteiger partial charge on any atom is -0.462 e. The lowest BCUT2D eigenvalue weighted by atomic mass is 9.66. The van der Waals surface area contributed by atoms with E-state index < -0.39 is 12.2 Å². The Morgan fingerprint density at radius 3 is 2.76 bits per heavy atom. The molecule has 1 fully saturated rings. The fraction of sp³-hybridized carbons (Fsp3) is 0.739. The lowest BCUT2D eigenvalue weighted by molar-refractivity contribution is -0.162. The summed E-state index contributed by atoms with van der Waals surface area (Å²) in [5, 5.41) is 20.2. The van der Waals surface area contributed by atoms with E-state index in [0.717, 1.165) is 18.4 Å². The topological polar surface area (TPSA) is 93.1 Å². The molecule has 8 atom stereocenters. The Hall–Kier alpha value is -1.66. The highest BCUT2D eigenvalue weighted by Crippen LogP contribution is 2.44. The van der Waals surface area contributed by atoms with Crippen LogP contribution in [0.15, 0.2) is 23.8 Å². The maximum absolute atomic E-state index is 12.5. The molecule has 6 nitrogen and oxygen atoms in total. The summed E-state index contributed by atoms with van der Waals surface area (Å²) >= 11 is 0. The summed E-state index contributed by atoms with van der Waals surface area (Å²) in [7, 11) is 0. The van der Waals surface area contributed by atoms with Gasteiger partial charge in [-0.25, -0.2) is 0 Å². The predicted octanol–water partition coefficient (Wildman–Crippen LogP) is 2.92. The van der Waals surface area contributed by atoms with E-state index in [1.807, 2.05) is 26.0 Å². The van der Waals surface area contributed by atoms with Crippen molar-refractivity contribution in [2.45, 2.75) is 83.7 Å². The molecule has 0 radical (unpaired) electrons. The van der Waals surface area contributed by atoms with Gasteiger partial charge in [0.1, 0.15) is 12.2 Å². The third-order valence-electron chi connectivity index (χ3n) is 6.71. The van der Waals surface area contributed by atoms with Gasteiger partial charge in [0.15, 0.2) is 0 Å². The first kappa shape index (κ1) is 22.0. The molecule has 0 amide bonds. The Bertz CT molecular complexity index is 668. The van der Waals surface area contributed by atoms with E-state index in [1.165, 1.54) is 0 Å². The number of hydrogen-bond acceptors (Lipinski definition) is 6. The molecule has 0 aromatic rings. The van der Waals surface area contributed by atoms with Crippen LogP contribution in [0.25, 0.3) is 0 Å². The van der Waals surface area contributed by atoms with Crippen molar-refractivity contribution in [3.05, 3.63) is 23.8 Å². The first-order chi connectivity index (χ1) is 13.8.